The number of rotatable bonds is 2. The highest BCUT2D eigenvalue weighted by Crippen LogP contribution is 2.27. The molecule has 2 aromatic heterocycles. The number of aromatic nitrogens is 3. The van der Waals surface area contributed by atoms with Gasteiger partial charge in [-0.1, -0.05) is 18.2 Å². The Bertz CT molecular complexity index is 781. The molecule has 0 atom stereocenters. The first kappa shape index (κ1) is 13.6. The fourth-order valence-electron chi connectivity index (χ4n) is 2.71. The summed E-state index contributed by atoms with van der Waals surface area (Å²) in [7, 11) is 0. The molecule has 0 fully saturated rings. The zero-order chi connectivity index (χ0) is 15.0. The van der Waals surface area contributed by atoms with Crippen LogP contribution in [0, 0.1) is 0 Å². The molecular formula is C17H20N4. The smallest absolute Gasteiger partial charge is 0.114 e. The first-order chi connectivity index (χ1) is 9.97. The highest BCUT2D eigenvalue weighted by Gasteiger charge is 2.21. The molecule has 4 heteroatoms. The Morgan fingerprint density at radius 3 is 2.62 bits per heavy atom. The number of para-hydroxylation sites is 1. The number of nitrogens with zero attached hydrogens (tertiary/aromatic N) is 3. The van der Waals surface area contributed by atoms with Gasteiger partial charge in [0, 0.05) is 23.8 Å². The lowest BCUT2D eigenvalue weighted by Crippen LogP contribution is -2.24. The summed E-state index contributed by atoms with van der Waals surface area (Å²) in [5, 5.41) is 0. The minimum atomic E-state index is -0.0466. The maximum absolute atomic E-state index is 6.07. The van der Waals surface area contributed by atoms with Gasteiger partial charge in [0.1, 0.15) is 11.3 Å². The van der Waals surface area contributed by atoms with E-state index >= 15 is 0 Å². The second-order valence-corrected chi connectivity index (χ2v) is 6.27. The quantitative estimate of drug-likeness (QED) is 0.732. The average molecular weight is 280 g/mol. The normalized spacial score (nSPS) is 12.0. The molecule has 0 unspecified atom stereocenters. The van der Waals surface area contributed by atoms with Gasteiger partial charge < -0.3 is 10.3 Å². The van der Waals surface area contributed by atoms with E-state index in [2.05, 4.69) is 36.4 Å². The summed E-state index contributed by atoms with van der Waals surface area (Å²) < 4.78 is 2.27. The number of fused-ring (bicyclic) bond motifs is 1. The standard InChI is InChI=1S/C17H20N4/c1-17(2,3)21-15-8-9-19-11-14(15)20-16(21)10-12-6-4-5-7-13(12)18/h4-9,11H,10,18H2,1-3H3. The number of nitrogens with two attached hydrogens (primary N) is 1. The van der Waals surface area contributed by atoms with E-state index in [9.17, 15) is 0 Å². The molecule has 4 nitrogen and oxygen atoms in total. The van der Waals surface area contributed by atoms with Gasteiger partial charge in [0.05, 0.1) is 11.7 Å². The van der Waals surface area contributed by atoms with E-state index in [1.807, 2.05) is 36.7 Å². The predicted molar refractivity (Wildman–Crippen MR) is 86.2 cm³/mol. The first-order valence-corrected chi connectivity index (χ1v) is 7.12. The molecule has 0 aliphatic heterocycles. The lowest BCUT2D eigenvalue weighted by molar-refractivity contribution is 0.396. The minimum absolute atomic E-state index is 0.0466. The van der Waals surface area contributed by atoms with Crippen molar-refractivity contribution < 1.29 is 0 Å². The Morgan fingerprint density at radius 1 is 1.14 bits per heavy atom. The van der Waals surface area contributed by atoms with Crippen LogP contribution < -0.4 is 5.73 Å². The number of anilines is 1. The Labute approximate surface area is 124 Å². The molecule has 3 rings (SSSR count). The zero-order valence-electron chi connectivity index (χ0n) is 12.7. The summed E-state index contributed by atoms with van der Waals surface area (Å²) in [5.41, 5.74) is 9.98. The van der Waals surface area contributed by atoms with Crippen molar-refractivity contribution in [2.45, 2.75) is 32.7 Å². The molecule has 0 radical (unpaired) electrons. The molecule has 0 aliphatic rings. The van der Waals surface area contributed by atoms with Crippen molar-refractivity contribution in [3.63, 3.8) is 0 Å². The van der Waals surface area contributed by atoms with Crippen LogP contribution in [0.15, 0.2) is 42.7 Å². The van der Waals surface area contributed by atoms with E-state index in [4.69, 9.17) is 10.7 Å². The molecule has 0 spiro atoms. The van der Waals surface area contributed by atoms with E-state index in [1.54, 1.807) is 0 Å². The molecule has 108 valence electrons. The number of hydrogen-bond donors (Lipinski definition) is 1. The summed E-state index contributed by atoms with van der Waals surface area (Å²) in [6.07, 6.45) is 4.35. The highest BCUT2D eigenvalue weighted by atomic mass is 15.1. The van der Waals surface area contributed by atoms with Crippen molar-refractivity contribution in [2.75, 3.05) is 5.73 Å². The molecule has 21 heavy (non-hydrogen) atoms. The highest BCUT2D eigenvalue weighted by molar-refractivity contribution is 5.75. The van der Waals surface area contributed by atoms with Crippen molar-refractivity contribution in [2.24, 2.45) is 0 Å². The molecule has 1 aromatic carbocycles. The Hall–Kier alpha value is -2.36. The van der Waals surface area contributed by atoms with Crippen LogP contribution in [0.25, 0.3) is 11.0 Å². The van der Waals surface area contributed by atoms with E-state index in [-0.39, 0.29) is 5.54 Å². The molecular weight excluding hydrogens is 260 g/mol. The third kappa shape index (κ3) is 2.49. The molecule has 0 bridgehead atoms. The summed E-state index contributed by atoms with van der Waals surface area (Å²) in [5.74, 6) is 1.02. The molecule has 0 saturated heterocycles. The van der Waals surface area contributed by atoms with Gasteiger partial charge in [0.25, 0.3) is 0 Å². The van der Waals surface area contributed by atoms with Gasteiger partial charge in [-0.05, 0) is 38.5 Å². The van der Waals surface area contributed by atoms with Crippen molar-refractivity contribution in [3.05, 3.63) is 54.1 Å². The van der Waals surface area contributed by atoms with Crippen LogP contribution in [-0.4, -0.2) is 14.5 Å². The van der Waals surface area contributed by atoms with Crippen LogP contribution in [0.1, 0.15) is 32.2 Å². The molecule has 0 aliphatic carbocycles. The number of benzene rings is 1. The van der Waals surface area contributed by atoms with E-state index in [0.717, 1.165) is 34.5 Å². The Kier molecular flexibility index (Phi) is 3.16. The van der Waals surface area contributed by atoms with Crippen LogP contribution in [0.4, 0.5) is 5.69 Å². The molecule has 3 aromatic rings. The van der Waals surface area contributed by atoms with Crippen molar-refractivity contribution in [1.82, 2.24) is 14.5 Å². The van der Waals surface area contributed by atoms with Crippen molar-refractivity contribution >= 4 is 16.7 Å². The minimum Gasteiger partial charge on any atom is -0.398 e. The van der Waals surface area contributed by atoms with Gasteiger partial charge in [-0.3, -0.25) is 4.98 Å². The largest absolute Gasteiger partial charge is 0.398 e. The summed E-state index contributed by atoms with van der Waals surface area (Å²) in [4.78, 5) is 8.93. The summed E-state index contributed by atoms with van der Waals surface area (Å²) >= 11 is 0. The maximum atomic E-state index is 6.07. The first-order valence-electron chi connectivity index (χ1n) is 7.12. The third-order valence-electron chi connectivity index (χ3n) is 3.60. The lowest BCUT2D eigenvalue weighted by Gasteiger charge is -2.25. The molecule has 2 heterocycles. The van der Waals surface area contributed by atoms with Gasteiger partial charge in [0.2, 0.25) is 0 Å². The van der Waals surface area contributed by atoms with Crippen molar-refractivity contribution in [3.8, 4) is 0 Å². The van der Waals surface area contributed by atoms with E-state index < -0.39 is 0 Å². The molecule has 0 saturated carbocycles. The number of hydrogen-bond acceptors (Lipinski definition) is 3. The number of pyridine rings is 1. The fourth-order valence-corrected chi connectivity index (χ4v) is 2.71. The van der Waals surface area contributed by atoms with E-state index in [0.29, 0.717) is 0 Å². The van der Waals surface area contributed by atoms with Gasteiger partial charge in [0.15, 0.2) is 0 Å². The molecule has 2 N–H and O–H groups in total. The zero-order valence-corrected chi connectivity index (χ0v) is 12.7. The number of nitrogen functional groups attached to an aromatic ring is 1. The Morgan fingerprint density at radius 2 is 1.90 bits per heavy atom. The number of imidazole rings is 1. The SMILES string of the molecule is CC(C)(C)n1c(Cc2ccccc2N)nc2cnccc21. The fraction of sp³-hybridized carbons (Fsp3) is 0.294. The van der Waals surface area contributed by atoms with E-state index in [1.165, 1.54) is 0 Å². The summed E-state index contributed by atoms with van der Waals surface area (Å²) in [6, 6.07) is 9.97. The van der Waals surface area contributed by atoms with Crippen LogP contribution >= 0.6 is 0 Å². The second-order valence-electron chi connectivity index (χ2n) is 6.27. The Balaban J connectivity index is 2.16. The summed E-state index contributed by atoms with van der Waals surface area (Å²) in [6.45, 7) is 6.56. The van der Waals surface area contributed by atoms with Gasteiger partial charge in [-0.2, -0.15) is 0 Å². The average Bonchev–Trinajstić information content (AvgIpc) is 2.79. The van der Waals surface area contributed by atoms with Gasteiger partial charge >= 0.3 is 0 Å². The van der Waals surface area contributed by atoms with Crippen LogP contribution in [-0.2, 0) is 12.0 Å². The predicted octanol–water partition coefficient (Wildman–Crippen LogP) is 3.36. The van der Waals surface area contributed by atoms with Crippen molar-refractivity contribution in [1.29, 1.82) is 0 Å². The van der Waals surface area contributed by atoms with Gasteiger partial charge in [-0.15, -0.1) is 0 Å². The molecule has 0 amide bonds. The third-order valence-corrected chi connectivity index (χ3v) is 3.60. The maximum Gasteiger partial charge on any atom is 0.114 e. The van der Waals surface area contributed by atoms with Gasteiger partial charge in [-0.25, -0.2) is 4.98 Å². The second kappa shape index (κ2) is 4.88. The monoisotopic (exact) mass is 280 g/mol. The van der Waals surface area contributed by atoms with Crippen LogP contribution in [0.3, 0.4) is 0 Å². The topological polar surface area (TPSA) is 56.7 Å². The lowest BCUT2D eigenvalue weighted by atomic mass is 10.1. The van der Waals surface area contributed by atoms with Crippen LogP contribution in [0.2, 0.25) is 0 Å². The van der Waals surface area contributed by atoms with Crippen LogP contribution in [0.5, 0.6) is 0 Å².